The molecule has 0 fully saturated rings. The molecular formula is C13H13ClN2O. The second-order valence-corrected chi connectivity index (χ2v) is 4.13. The van der Waals surface area contributed by atoms with Crippen LogP contribution in [0.25, 0.3) is 0 Å². The first-order valence-corrected chi connectivity index (χ1v) is 5.76. The maximum atomic E-state index is 5.85. The molecule has 0 saturated carbocycles. The summed E-state index contributed by atoms with van der Waals surface area (Å²) in [5, 5.41) is 0.396. The number of hydrogen-bond acceptors (Lipinski definition) is 3. The van der Waals surface area contributed by atoms with Crippen molar-refractivity contribution in [2.45, 2.75) is 20.0 Å². The van der Waals surface area contributed by atoms with Crippen LogP contribution in [-0.4, -0.2) is 9.97 Å². The van der Waals surface area contributed by atoms with E-state index < -0.39 is 0 Å². The standard InChI is InChI=1S/C13H13ClN2O/c1-9(11-6-4-3-5-7-11)17-13-8-12(14)15-10(2)16-13/h3-9H,1-2H3. The Morgan fingerprint density at radius 3 is 2.53 bits per heavy atom. The molecule has 17 heavy (non-hydrogen) atoms. The van der Waals surface area contributed by atoms with Crippen LogP contribution in [0.2, 0.25) is 5.15 Å². The van der Waals surface area contributed by atoms with Crippen molar-refractivity contribution in [3.05, 3.63) is 52.9 Å². The quantitative estimate of drug-likeness (QED) is 0.779. The van der Waals surface area contributed by atoms with Gasteiger partial charge >= 0.3 is 0 Å². The summed E-state index contributed by atoms with van der Waals surface area (Å²) in [5.41, 5.74) is 1.10. The van der Waals surface area contributed by atoms with Crippen molar-refractivity contribution in [1.29, 1.82) is 0 Å². The molecule has 2 rings (SSSR count). The first-order chi connectivity index (χ1) is 8.15. The van der Waals surface area contributed by atoms with Crippen LogP contribution < -0.4 is 4.74 Å². The van der Waals surface area contributed by atoms with Crippen LogP contribution >= 0.6 is 11.6 Å². The maximum absolute atomic E-state index is 5.85. The van der Waals surface area contributed by atoms with Crippen molar-refractivity contribution >= 4 is 11.6 Å². The number of aryl methyl sites for hydroxylation is 1. The van der Waals surface area contributed by atoms with E-state index in [0.29, 0.717) is 16.9 Å². The predicted octanol–water partition coefficient (Wildman–Crippen LogP) is 3.58. The number of halogens is 1. The van der Waals surface area contributed by atoms with E-state index in [9.17, 15) is 0 Å². The van der Waals surface area contributed by atoms with E-state index in [-0.39, 0.29) is 6.10 Å². The van der Waals surface area contributed by atoms with E-state index in [0.717, 1.165) is 5.56 Å². The third-order valence-electron chi connectivity index (χ3n) is 2.35. The van der Waals surface area contributed by atoms with Crippen molar-refractivity contribution in [1.82, 2.24) is 9.97 Å². The highest BCUT2D eigenvalue weighted by atomic mass is 35.5. The normalized spacial score (nSPS) is 12.2. The van der Waals surface area contributed by atoms with Crippen molar-refractivity contribution in [3.8, 4) is 5.88 Å². The number of aromatic nitrogens is 2. The smallest absolute Gasteiger partial charge is 0.218 e. The molecule has 0 amide bonds. The summed E-state index contributed by atoms with van der Waals surface area (Å²) < 4.78 is 5.73. The lowest BCUT2D eigenvalue weighted by Crippen LogP contribution is -2.05. The number of hydrogen-bond donors (Lipinski definition) is 0. The molecule has 0 aliphatic rings. The Labute approximate surface area is 105 Å². The monoisotopic (exact) mass is 248 g/mol. The van der Waals surface area contributed by atoms with Gasteiger partial charge in [-0.05, 0) is 19.4 Å². The summed E-state index contributed by atoms with van der Waals surface area (Å²) in [4.78, 5) is 8.17. The molecule has 1 unspecified atom stereocenters. The van der Waals surface area contributed by atoms with Crippen LogP contribution in [0.15, 0.2) is 36.4 Å². The van der Waals surface area contributed by atoms with E-state index >= 15 is 0 Å². The molecule has 0 N–H and O–H groups in total. The Kier molecular flexibility index (Phi) is 3.59. The van der Waals surface area contributed by atoms with Crippen LogP contribution in [0.5, 0.6) is 5.88 Å². The minimum absolute atomic E-state index is 0.0680. The SMILES string of the molecule is Cc1nc(Cl)cc(OC(C)c2ccccc2)n1. The van der Waals surface area contributed by atoms with Gasteiger partial charge in [0.05, 0.1) is 0 Å². The van der Waals surface area contributed by atoms with Gasteiger partial charge in [0, 0.05) is 6.07 Å². The zero-order valence-corrected chi connectivity index (χ0v) is 10.5. The van der Waals surface area contributed by atoms with Crippen LogP contribution in [0.3, 0.4) is 0 Å². The zero-order chi connectivity index (χ0) is 12.3. The molecule has 88 valence electrons. The second kappa shape index (κ2) is 5.15. The number of nitrogens with zero attached hydrogens (tertiary/aromatic N) is 2. The molecule has 1 atom stereocenters. The lowest BCUT2D eigenvalue weighted by Gasteiger charge is -2.14. The fourth-order valence-corrected chi connectivity index (χ4v) is 1.75. The van der Waals surface area contributed by atoms with Gasteiger partial charge in [0.15, 0.2) is 0 Å². The van der Waals surface area contributed by atoms with E-state index in [1.54, 1.807) is 13.0 Å². The number of ether oxygens (including phenoxy) is 1. The molecule has 0 bridgehead atoms. The van der Waals surface area contributed by atoms with Gasteiger partial charge in [-0.2, -0.15) is 4.98 Å². The molecule has 1 aromatic heterocycles. The van der Waals surface area contributed by atoms with Gasteiger partial charge in [-0.25, -0.2) is 4.98 Å². The fraction of sp³-hybridized carbons (Fsp3) is 0.231. The van der Waals surface area contributed by atoms with Crippen molar-refractivity contribution in [3.63, 3.8) is 0 Å². The van der Waals surface area contributed by atoms with Gasteiger partial charge in [-0.3, -0.25) is 0 Å². The highest BCUT2D eigenvalue weighted by molar-refractivity contribution is 6.29. The second-order valence-electron chi connectivity index (χ2n) is 3.75. The van der Waals surface area contributed by atoms with Crippen LogP contribution in [0, 0.1) is 6.92 Å². The molecule has 0 aliphatic heterocycles. The van der Waals surface area contributed by atoms with Crippen molar-refractivity contribution < 1.29 is 4.74 Å². The third-order valence-corrected chi connectivity index (χ3v) is 2.54. The predicted molar refractivity (Wildman–Crippen MR) is 67.3 cm³/mol. The molecule has 0 radical (unpaired) electrons. The Bertz CT molecular complexity index is 482. The van der Waals surface area contributed by atoms with Gasteiger partial charge in [0.1, 0.15) is 17.1 Å². The van der Waals surface area contributed by atoms with Gasteiger partial charge in [0.2, 0.25) is 5.88 Å². The Hall–Kier alpha value is -1.61. The molecule has 2 aromatic rings. The van der Waals surface area contributed by atoms with Crippen LogP contribution in [0.1, 0.15) is 24.4 Å². The average molecular weight is 249 g/mol. The number of benzene rings is 1. The first kappa shape index (κ1) is 11.9. The van der Waals surface area contributed by atoms with E-state index in [1.165, 1.54) is 0 Å². The molecule has 0 aliphatic carbocycles. The highest BCUT2D eigenvalue weighted by Gasteiger charge is 2.08. The van der Waals surface area contributed by atoms with Crippen LogP contribution in [0.4, 0.5) is 0 Å². The van der Waals surface area contributed by atoms with Gasteiger partial charge in [-0.15, -0.1) is 0 Å². The Morgan fingerprint density at radius 2 is 1.88 bits per heavy atom. The molecule has 1 heterocycles. The maximum Gasteiger partial charge on any atom is 0.218 e. The summed E-state index contributed by atoms with van der Waals surface area (Å²) >= 11 is 5.85. The van der Waals surface area contributed by atoms with Crippen molar-refractivity contribution in [2.24, 2.45) is 0 Å². The summed E-state index contributed by atoms with van der Waals surface area (Å²) in [7, 11) is 0. The average Bonchev–Trinajstić information content (AvgIpc) is 2.28. The first-order valence-electron chi connectivity index (χ1n) is 5.38. The molecule has 1 aromatic carbocycles. The lowest BCUT2D eigenvalue weighted by molar-refractivity contribution is 0.216. The molecule has 4 heteroatoms. The summed E-state index contributed by atoms with van der Waals surface area (Å²) in [6, 6.07) is 11.6. The van der Waals surface area contributed by atoms with Gasteiger partial charge in [-0.1, -0.05) is 41.9 Å². The fourth-order valence-electron chi connectivity index (χ4n) is 1.54. The molecule has 3 nitrogen and oxygen atoms in total. The van der Waals surface area contributed by atoms with E-state index in [2.05, 4.69) is 9.97 Å². The number of rotatable bonds is 3. The third kappa shape index (κ3) is 3.17. The van der Waals surface area contributed by atoms with E-state index in [4.69, 9.17) is 16.3 Å². The topological polar surface area (TPSA) is 35.0 Å². The molecular weight excluding hydrogens is 236 g/mol. The zero-order valence-electron chi connectivity index (χ0n) is 9.72. The summed E-state index contributed by atoms with van der Waals surface area (Å²) in [6.45, 7) is 3.76. The van der Waals surface area contributed by atoms with Crippen molar-refractivity contribution in [2.75, 3.05) is 0 Å². The molecule has 0 saturated heterocycles. The lowest BCUT2D eigenvalue weighted by atomic mass is 10.1. The Morgan fingerprint density at radius 1 is 1.18 bits per heavy atom. The largest absolute Gasteiger partial charge is 0.470 e. The van der Waals surface area contributed by atoms with Gasteiger partial charge < -0.3 is 4.74 Å². The van der Waals surface area contributed by atoms with E-state index in [1.807, 2.05) is 37.3 Å². The van der Waals surface area contributed by atoms with Gasteiger partial charge in [0.25, 0.3) is 0 Å². The minimum atomic E-state index is -0.0680. The minimum Gasteiger partial charge on any atom is -0.470 e. The summed E-state index contributed by atoms with van der Waals surface area (Å²) in [6.07, 6.45) is -0.0680. The highest BCUT2D eigenvalue weighted by Crippen LogP contribution is 2.21. The molecule has 0 spiro atoms. The van der Waals surface area contributed by atoms with Crippen LogP contribution in [-0.2, 0) is 0 Å². The Balaban J connectivity index is 2.16. The summed E-state index contributed by atoms with van der Waals surface area (Å²) in [5.74, 6) is 1.10.